The van der Waals surface area contributed by atoms with Crippen LogP contribution in [0.25, 0.3) is 0 Å². The molecule has 0 saturated carbocycles. The Bertz CT molecular complexity index is 381. The molecule has 0 rings (SSSR count). The maximum atomic E-state index is 2.64. The Morgan fingerprint density at radius 2 is 1.12 bits per heavy atom. The molecule has 24 heavy (non-hydrogen) atoms. The minimum Gasteiger partial charge on any atom is -0.0654 e. The summed E-state index contributed by atoms with van der Waals surface area (Å²) in [6.45, 7) is 32.4. The van der Waals surface area contributed by atoms with Crippen LogP contribution in [0.2, 0.25) is 0 Å². The van der Waals surface area contributed by atoms with Crippen molar-refractivity contribution in [2.75, 3.05) is 0 Å². The van der Waals surface area contributed by atoms with Crippen molar-refractivity contribution in [1.29, 1.82) is 0 Å². The summed E-state index contributed by atoms with van der Waals surface area (Å²) in [5.74, 6) is 0.720. The Morgan fingerprint density at radius 1 is 0.667 bits per heavy atom. The molecule has 0 fully saturated rings. The normalized spacial score (nSPS) is 20.4. The molecule has 0 amide bonds. The molecule has 0 radical (unpaired) electrons. The van der Waals surface area contributed by atoms with E-state index < -0.39 is 0 Å². The van der Waals surface area contributed by atoms with Crippen molar-refractivity contribution < 1.29 is 0 Å². The van der Waals surface area contributed by atoms with Gasteiger partial charge in [-0.05, 0) is 39.4 Å². The zero-order chi connectivity index (χ0) is 19.6. The molecule has 0 nitrogen and oxygen atoms in total. The standard InChI is InChI=1S/C24H50/c1-14-18-23(12,22(10,11)17-4)24(13,20(5,6)7)19(15-2)21(8,9)16-3/h19H,14-18H2,1-13H3. The van der Waals surface area contributed by atoms with Crippen LogP contribution < -0.4 is 0 Å². The van der Waals surface area contributed by atoms with E-state index in [2.05, 4.69) is 90.0 Å². The van der Waals surface area contributed by atoms with Crippen LogP contribution in [0.15, 0.2) is 0 Å². The molecule has 0 saturated heterocycles. The zero-order valence-corrected chi connectivity index (χ0v) is 19.6. The van der Waals surface area contributed by atoms with Gasteiger partial charge in [-0.2, -0.15) is 0 Å². The minimum absolute atomic E-state index is 0.274. The average Bonchev–Trinajstić information content (AvgIpc) is 2.46. The van der Waals surface area contributed by atoms with Crippen molar-refractivity contribution in [2.24, 2.45) is 33.0 Å². The summed E-state index contributed by atoms with van der Waals surface area (Å²) in [4.78, 5) is 0. The predicted molar refractivity (Wildman–Crippen MR) is 113 cm³/mol. The SMILES string of the molecule is CCCC(C)(C(C)(C)CC)C(C)(C(CC)C(C)(C)CC)C(C)(C)C. The maximum Gasteiger partial charge on any atom is -0.0185 e. The maximum absolute atomic E-state index is 2.64. The van der Waals surface area contributed by atoms with Crippen LogP contribution in [0.3, 0.4) is 0 Å². The van der Waals surface area contributed by atoms with E-state index in [1.54, 1.807) is 0 Å². The molecule has 0 aromatic rings. The number of rotatable bonds is 9. The third kappa shape index (κ3) is 3.73. The Morgan fingerprint density at radius 3 is 1.38 bits per heavy atom. The Kier molecular flexibility index (Phi) is 7.71. The van der Waals surface area contributed by atoms with Gasteiger partial charge < -0.3 is 0 Å². The van der Waals surface area contributed by atoms with E-state index >= 15 is 0 Å². The third-order valence-electron chi connectivity index (χ3n) is 8.79. The molecule has 3 atom stereocenters. The average molecular weight is 339 g/mol. The van der Waals surface area contributed by atoms with Crippen molar-refractivity contribution in [2.45, 2.75) is 122 Å². The van der Waals surface area contributed by atoms with Crippen LogP contribution in [0, 0.1) is 33.0 Å². The summed E-state index contributed by atoms with van der Waals surface area (Å²) in [5.41, 5.74) is 1.58. The van der Waals surface area contributed by atoms with Crippen molar-refractivity contribution >= 4 is 0 Å². The Hall–Kier alpha value is 0. The molecule has 0 aromatic heterocycles. The molecule has 0 aliphatic heterocycles. The fourth-order valence-electron chi connectivity index (χ4n) is 5.91. The summed E-state index contributed by atoms with van der Waals surface area (Å²) in [7, 11) is 0. The smallest absolute Gasteiger partial charge is 0.0185 e. The van der Waals surface area contributed by atoms with Gasteiger partial charge in [0.25, 0.3) is 0 Å². The van der Waals surface area contributed by atoms with Gasteiger partial charge in [-0.1, -0.05) is 116 Å². The van der Waals surface area contributed by atoms with E-state index in [0.29, 0.717) is 16.2 Å². The first-order valence-electron chi connectivity index (χ1n) is 10.6. The second-order valence-corrected chi connectivity index (χ2v) is 11.1. The zero-order valence-electron chi connectivity index (χ0n) is 19.6. The first-order chi connectivity index (χ1) is 10.6. The van der Waals surface area contributed by atoms with Crippen molar-refractivity contribution in [3.8, 4) is 0 Å². The molecule has 0 aliphatic rings. The summed E-state index contributed by atoms with van der Waals surface area (Å²) in [6.07, 6.45) is 6.37. The monoisotopic (exact) mass is 338 g/mol. The molecule has 0 bridgehead atoms. The summed E-state index contributed by atoms with van der Waals surface area (Å²) >= 11 is 0. The van der Waals surface area contributed by atoms with E-state index in [1.807, 2.05) is 0 Å². The molecule has 0 spiro atoms. The lowest BCUT2D eigenvalue weighted by Gasteiger charge is -2.66. The van der Waals surface area contributed by atoms with E-state index in [9.17, 15) is 0 Å². The first-order valence-corrected chi connectivity index (χ1v) is 10.6. The predicted octanol–water partition coefficient (Wildman–Crippen LogP) is 8.74. The van der Waals surface area contributed by atoms with Gasteiger partial charge in [0.05, 0.1) is 0 Å². The van der Waals surface area contributed by atoms with E-state index in [1.165, 1.54) is 32.1 Å². The lowest BCUT2D eigenvalue weighted by Crippen LogP contribution is -2.60. The van der Waals surface area contributed by atoms with E-state index in [0.717, 1.165) is 5.92 Å². The second-order valence-electron chi connectivity index (χ2n) is 11.1. The molecular formula is C24H50. The van der Waals surface area contributed by atoms with Gasteiger partial charge in [0.15, 0.2) is 0 Å². The fraction of sp³-hybridized carbons (Fsp3) is 1.00. The molecule has 0 aliphatic carbocycles. The summed E-state index contributed by atoms with van der Waals surface area (Å²) in [5, 5.41) is 0. The summed E-state index contributed by atoms with van der Waals surface area (Å²) < 4.78 is 0. The Labute approximate surface area is 155 Å². The van der Waals surface area contributed by atoms with Crippen molar-refractivity contribution in [3.05, 3.63) is 0 Å². The van der Waals surface area contributed by atoms with E-state index in [-0.39, 0.29) is 10.8 Å². The van der Waals surface area contributed by atoms with Gasteiger partial charge >= 0.3 is 0 Å². The van der Waals surface area contributed by atoms with Gasteiger partial charge in [-0.3, -0.25) is 0 Å². The van der Waals surface area contributed by atoms with Gasteiger partial charge in [0, 0.05) is 0 Å². The number of hydrogen-bond acceptors (Lipinski definition) is 0. The highest BCUT2D eigenvalue weighted by atomic mass is 14.7. The highest BCUT2D eigenvalue weighted by Gasteiger charge is 2.61. The summed E-state index contributed by atoms with van der Waals surface area (Å²) in [6, 6.07) is 0. The van der Waals surface area contributed by atoms with Crippen LogP contribution in [0.1, 0.15) is 122 Å². The molecule has 3 unspecified atom stereocenters. The van der Waals surface area contributed by atoms with Gasteiger partial charge in [0.2, 0.25) is 0 Å². The van der Waals surface area contributed by atoms with Crippen molar-refractivity contribution in [1.82, 2.24) is 0 Å². The van der Waals surface area contributed by atoms with Crippen molar-refractivity contribution in [3.63, 3.8) is 0 Å². The Balaban J connectivity index is 6.74. The molecular weight excluding hydrogens is 288 g/mol. The highest BCUT2D eigenvalue weighted by molar-refractivity contribution is 5.10. The van der Waals surface area contributed by atoms with Gasteiger partial charge in [0.1, 0.15) is 0 Å². The van der Waals surface area contributed by atoms with Crippen LogP contribution in [0.5, 0.6) is 0 Å². The van der Waals surface area contributed by atoms with Crippen LogP contribution in [0.4, 0.5) is 0 Å². The van der Waals surface area contributed by atoms with Crippen LogP contribution in [-0.4, -0.2) is 0 Å². The topological polar surface area (TPSA) is 0 Å². The lowest BCUT2D eigenvalue weighted by molar-refractivity contribution is -0.181. The van der Waals surface area contributed by atoms with Gasteiger partial charge in [-0.25, -0.2) is 0 Å². The third-order valence-corrected chi connectivity index (χ3v) is 8.79. The largest absolute Gasteiger partial charge is 0.0654 e. The van der Waals surface area contributed by atoms with Gasteiger partial charge in [-0.15, -0.1) is 0 Å². The minimum atomic E-state index is 0.274. The van der Waals surface area contributed by atoms with Crippen LogP contribution >= 0.6 is 0 Å². The molecule has 0 aromatic carbocycles. The van der Waals surface area contributed by atoms with E-state index in [4.69, 9.17) is 0 Å². The lowest BCUT2D eigenvalue weighted by atomic mass is 9.38. The highest BCUT2D eigenvalue weighted by Crippen LogP contribution is 2.68. The molecule has 0 N–H and O–H groups in total. The van der Waals surface area contributed by atoms with Crippen LogP contribution in [-0.2, 0) is 0 Å². The number of hydrogen-bond donors (Lipinski definition) is 0. The second kappa shape index (κ2) is 7.71. The molecule has 146 valence electrons. The fourth-order valence-corrected chi connectivity index (χ4v) is 5.91. The first kappa shape index (κ1) is 24.0. The quantitative estimate of drug-likeness (QED) is 0.394. The molecule has 0 heteroatoms. The molecule has 0 heterocycles.